The van der Waals surface area contributed by atoms with Crippen molar-refractivity contribution in [2.45, 2.75) is 26.2 Å². The summed E-state index contributed by atoms with van der Waals surface area (Å²) in [5.74, 6) is 2.04. The second-order valence-corrected chi connectivity index (χ2v) is 11.4. The van der Waals surface area contributed by atoms with Crippen molar-refractivity contribution in [2.75, 3.05) is 0 Å². The van der Waals surface area contributed by atoms with Crippen LogP contribution in [0.4, 0.5) is 0 Å². The van der Waals surface area contributed by atoms with Crippen LogP contribution in [-0.2, 0) is 26.2 Å². The Hall–Kier alpha value is -6.84. The first-order chi connectivity index (χ1) is 23.7. The summed E-state index contributed by atoms with van der Waals surface area (Å²) in [4.78, 5) is 6.30. The molecule has 4 aliphatic rings. The van der Waals surface area contributed by atoms with Crippen molar-refractivity contribution in [3.05, 3.63) is 119 Å². The summed E-state index contributed by atoms with van der Waals surface area (Å²) in [7, 11) is 0. The molecule has 12 rings (SSSR count). The van der Waals surface area contributed by atoms with Crippen LogP contribution in [0.15, 0.2) is 97.1 Å². The van der Waals surface area contributed by atoms with E-state index in [1.807, 2.05) is 97.1 Å². The number of rotatable bonds is 0. The van der Waals surface area contributed by atoms with Crippen molar-refractivity contribution in [1.29, 1.82) is 0 Å². The molecule has 4 aromatic heterocycles. The SMILES string of the molecule is c1cc2cc(c1)-c1nnn(n1)Cc1ccc(cc1)Cn1nnc(n1)-c1cccc(c1)-c1nnn(n1)Cc1ccc(cc1)Cn1nnc-2n1. The highest BCUT2D eigenvalue weighted by Gasteiger charge is 2.14. The summed E-state index contributed by atoms with van der Waals surface area (Å²) >= 11 is 0. The zero-order chi connectivity index (χ0) is 31.9. The van der Waals surface area contributed by atoms with E-state index in [-0.39, 0.29) is 0 Å². The molecule has 8 aromatic rings. The monoisotopic (exact) mass is 632 g/mol. The van der Waals surface area contributed by atoms with Gasteiger partial charge in [-0.05, 0) is 55.2 Å². The molecular weight excluding hydrogens is 608 g/mol. The zero-order valence-corrected chi connectivity index (χ0v) is 25.2. The third-order valence-electron chi connectivity index (χ3n) is 7.91. The highest BCUT2D eigenvalue weighted by atomic mass is 15.6. The average Bonchev–Trinajstić information content (AvgIpc) is 3.95. The average molecular weight is 633 g/mol. The van der Waals surface area contributed by atoms with Crippen LogP contribution in [0.1, 0.15) is 22.3 Å². The van der Waals surface area contributed by atoms with Crippen molar-refractivity contribution in [2.24, 2.45) is 0 Å². The topological polar surface area (TPSA) is 174 Å². The van der Waals surface area contributed by atoms with Crippen molar-refractivity contribution in [3.63, 3.8) is 0 Å². The van der Waals surface area contributed by atoms with Crippen molar-refractivity contribution in [1.82, 2.24) is 80.8 Å². The zero-order valence-electron chi connectivity index (χ0n) is 25.2. The number of hydrogen-bond donors (Lipinski definition) is 0. The molecule has 0 aliphatic carbocycles. The van der Waals surface area contributed by atoms with Gasteiger partial charge >= 0.3 is 0 Å². The lowest BCUT2D eigenvalue weighted by Crippen LogP contribution is -2.06. The van der Waals surface area contributed by atoms with E-state index in [9.17, 15) is 0 Å². The van der Waals surface area contributed by atoms with Crippen LogP contribution in [0.25, 0.3) is 45.6 Å². The Balaban J connectivity index is 1.04. The summed E-state index contributed by atoms with van der Waals surface area (Å²) in [5.41, 5.74) is 7.34. The standard InChI is InChI=1S/C32H24N16/c1-3-25-15-26(4-1)30-34-42-46(38-30)18-22-9-13-24(14-10-22)20-48-40-32(36-44-48)28-6-2-5-27(16-28)31-35-43-47(39-31)19-23-11-7-21(8-12-23)17-45-37-29(25)33-41-45/h1-16H,17-20H2. The molecule has 232 valence electrons. The molecule has 0 saturated heterocycles. The minimum atomic E-state index is 0.467. The van der Waals surface area contributed by atoms with Crippen LogP contribution in [0.2, 0.25) is 0 Å². The molecule has 0 amide bonds. The predicted molar refractivity (Wildman–Crippen MR) is 169 cm³/mol. The molecule has 0 spiro atoms. The summed E-state index contributed by atoms with van der Waals surface area (Å²) in [6.45, 7) is 1.87. The van der Waals surface area contributed by atoms with Gasteiger partial charge in [0.15, 0.2) is 0 Å². The molecule has 0 fully saturated rings. The molecule has 16 nitrogen and oxygen atoms in total. The molecule has 16 bridgehead atoms. The first-order valence-corrected chi connectivity index (χ1v) is 15.2. The van der Waals surface area contributed by atoms with Crippen LogP contribution < -0.4 is 0 Å². The van der Waals surface area contributed by atoms with E-state index in [1.165, 1.54) is 0 Å². The second kappa shape index (κ2) is 11.5. The summed E-state index contributed by atoms with van der Waals surface area (Å²) in [6.07, 6.45) is 0. The van der Waals surface area contributed by atoms with Gasteiger partial charge in [0.2, 0.25) is 23.3 Å². The Morgan fingerprint density at radius 1 is 0.333 bits per heavy atom. The van der Waals surface area contributed by atoms with Gasteiger partial charge in [0.1, 0.15) is 0 Å². The number of benzene rings is 4. The normalized spacial score (nSPS) is 12.7. The van der Waals surface area contributed by atoms with E-state index in [0.717, 1.165) is 44.5 Å². The first kappa shape index (κ1) is 27.5. The summed E-state index contributed by atoms with van der Waals surface area (Å²) in [5, 5.41) is 52.7. The molecule has 4 aliphatic heterocycles. The summed E-state index contributed by atoms with van der Waals surface area (Å²) in [6, 6.07) is 31.7. The molecule has 0 N–H and O–H groups in total. The van der Waals surface area contributed by atoms with Crippen LogP contribution in [0.3, 0.4) is 0 Å². The van der Waals surface area contributed by atoms with Gasteiger partial charge < -0.3 is 0 Å². The van der Waals surface area contributed by atoms with E-state index in [0.29, 0.717) is 49.5 Å². The van der Waals surface area contributed by atoms with Crippen LogP contribution in [0.5, 0.6) is 0 Å². The Morgan fingerprint density at radius 2 is 0.583 bits per heavy atom. The minimum Gasteiger partial charge on any atom is -0.159 e. The predicted octanol–water partition coefficient (Wildman–Crippen LogP) is 2.81. The Bertz CT molecular complexity index is 2040. The largest absolute Gasteiger partial charge is 0.204 e. The smallest absolute Gasteiger partial charge is 0.159 e. The quantitative estimate of drug-likeness (QED) is 0.239. The molecule has 48 heavy (non-hydrogen) atoms. The fourth-order valence-electron chi connectivity index (χ4n) is 5.45. The fraction of sp³-hybridized carbons (Fsp3) is 0.125. The van der Waals surface area contributed by atoms with Gasteiger partial charge in [-0.3, -0.25) is 0 Å². The Labute approximate surface area is 271 Å². The maximum Gasteiger partial charge on any atom is 0.204 e. The molecular formula is C32H24N16. The third-order valence-corrected chi connectivity index (χ3v) is 7.91. The van der Waals surface area contributed by atoms with Gasteiger partial charge in [0.25, 0.3) is 0 Å². The molecule has 0 radical (unpaired) electrons. The molecule has 0 saturated carbocycles. The number of aromatic nitrogens is 16. The Kier molecular flexibility index (Phi) is 6.58. The summed E-state index contributed by atoms with van der Waals surface area (Å²) < 4.78 is 0. The number of hydrogen-bond acceptors (Lipinski definition) is 12. The first-order valence-electron chi connectivity index (χ1n) is 15.2. The van der Waals surface area contributed by atoms with Crippen molar-refractivity contribution >= 4 is 0 Å². The van der Waals surface area contributed by atoms with Gasteiger partial charge in [-0.15, -0.1) is 40.8 Å². The van der Waals surface area contributed by atoms with E-state index in [2.05, 4.69) is 61.6 Å². The maximum absolute atomic E-state index is 4.62. The molecule has 0 unspecified atom stereocenters. The van der Waals surface area contributed by atoms with E-state index < -0.39 is 0 Å². The van der Waals surface area contributed by atoms with E-state index in [1.54, 1.807) is 19.2 Å². The molecule has 8 heterocycles. The highest BCUT2D eigenvalue weighted by Crippen LogP contribution is 2.23. The maximum atomic E-state index is 4.62. The van der Waals surface area contributed by atoms with Crippen molar-refractivity contribution < 1.29 is 0 Å². The second-order valence-electron chi connectivity index (χ2n) is 11.4. The third kappa shape index (κ3) is 5.57. The van der Waals surface area contributed by atoms with Gasteiger partial charge in [-0.1, -0.05) is 84.9 Å². The molecule has 0 atom stereocenters. The lowest BCUT2D eigenvalue weighted by Gasteiger charge is -2.04. The number of nitrogens with zero attached hydrogens (tertiary/aromatic N) is 16. The molecule has 4 aromatic carbocycles. The van der Waals surface area contributed by atoms with Gasteiger partial charge in [0.05, 0.1) is 26.2 Å². The van der Waals surface area contributed by atoms with Gasteiger partial charge in [-0.2, -0.15) is 19.2 Å². The van der Waals surface area contributed by atoms with Crippen LogP contribution in [-0.4, -0.2) is 80.8 Å². The van der Waals surface area contributed by atoms with Crippen molar-refractivity contribution in [3.8, 4) is 45.6 Å². The van der Waals surface area contributed by atoms with Crippen LogP contribution >= 0.6 is 0 Å². The van der Waals surface area contributed by atoms with Gasteiger partial charge in [0, 0.05) is 22.3 Å². The Morgan fingerprint density at radius 3 is 0.833 bits per heavy atom. The van der Waals surface area contributed by atoms with Gasteiger partial charge in [-0.25, -0.2) is 0 Å². The highest BCUT2D eigenvalue weighted by molar-refractivity contribution is 5.66. The fourth-order valence-corrected chi connectivity index (χ4v) is 5.45. The van der Waals surface area contributed by atoms with Crippen LogP contribution in [0, 0.1) is 0 Å². The lowest BCUT2D eigenvalue weighted by molar-refractivity contribution is 0.567. The number of tetrazole rings is 4. The molecule has 16 heteroatoms. The van der Waals surface area contributed by atoms with E-state index in [4.69, 9.17) is 0 Å². The van der Waals surface area contributed by atoms with E-state index >= 15 is 0 Å². The lowest BCUT2D eigenvalue weighted by atomic mass is 10.1. The minimum absolute atomic E-state index is 0.467.